The van der Waals surface area contributed by atoms with Crippen LogP contribution < -0.4 is 10.1 Å². The van der Waals surface area contributed by atoms with Crippen LogP contribution in [0.15, 0.2) is 18.2 Å². The molecule has 0 amide bonds. The fourth-order valence-electron chi connectivity index (χ4n) is 3.23. The Morgan fingerprint density at radius 2 is 2.03 bits per heavy atom. The van der Waals surface area contributed by atoms with E-state index in [0.717, 1.165) is 30.5 Å². The van der Waals surface area contributed by atoms with Gasteiger partial charge in [-0.3, -0.25) is 0 Å². The van der Waals surface area contributed by atoms with Crippen molar-refractivity contribution in [1.82, 2.24) is 5.32 Å². The molecule has 0 radical (unpaired) electrons. The molecular formula is C22H33NO7. The van der Waals surface area contributed by atoms with Gasteiger partial charge in [-0.2, -0.15) is 0 Å². The molecule has 1 fully saturated rings. The zero-order valence-corrected chi connectivity index (χ0v) is 17.8. The van der Waals surface area contributed by atoms with E-state index in [4.69, 9.17) is 14.2 Å². The number of Topliss-reactive ketones (excluding diaryl/α,β-unsaturated/α-hetero) is 1. The fourth-order valence-corrected chi connectivity index (χ4v) is 3.23. The van der Waals surface area contributed by atoms with Crippen LogP contribution in [0.1, 0.15) is 43.7 Å². The fraction of sp³-hybridized carbons (Fsp3) is 0.636. The molecule has 1 aliphatic heterocycles. The molecule has 1 unspecified atom stereocenters. The van der Waals surface area contributed by atoms with Crippen LogP contribution in [0.5, 0.6) is 5.75 Å². The van der Waals surface area contributed by atoms with Crippen LogP contribution in [0.3, 0.4) is 0 Å². The first-order valence-corrected chi connectivity index (χ1v) is 10.5. The number of aliphatic hydroxyl groups is 1. The lowest BCUT2D eigenvalue weighted by Crippen LogP contribution is -2.45. The van der Waals surface area contributed by atoms with Crippen molar-refractivity contribution in [1.29, 1.82) is 0 Å². The maximum atomic E-state index is 11.4. The number of hydrogen-bond donors (Lipinski definition) is 3. The molecule has 0 bridgehead atoms. The standard InChI is InChI=1S/C22H33NO7/c1-15(24)5-7-17-8-6-16(4-3-12-28-13-11-23-2)14-20(17)30-22-18(25)9-10-19(29-22)21(26)27/h6,8,14,18-19,22-23,25H,3-5,7,9-13H2,1-2H3,(H,26,27)/t18-,19?,22+/m1/s1. The van der Waals surface area contributed by atoms with Crippen LogP contribution in [-0.2, 0) is 31.9 Å². The molecule has 1 aromatic rings. The smallest absolute Gasteiger partial charge is 0.332 e. The van der Waals surface area contributed by atoms with E-state index in [2.05, 4.69) is 5.32 Å². The van der Waals surface area contributed by atoms with Crippen molar-refractivity contribution in [2.24, 2.45) is 0 Å². The lowest BCUT2D eigenvalue weighted by molar-refractivity contribution is -0.211. The zero-order chi connectivity index (χ0) is 21.9. The van der Waals surface area contributed by atoms with Crippen LogP contribution in [0.2, 0.25) is 0 Å². The number of carboxylic acids is 1. The molecule has 3 N–H and O–H groups in total. The average Bonchev–Trinajstić information content (AvgIpc) is 2.71. The molecule has 1 aromatic carbocycles. The Kier molecular flexibility index (Phi) is 10.2. The Labute approximate surface area is 177 Å². The monoisotopic (exact) mass is 423 g/mol. The Bertz CT molecular complexity index is 694. The van der Waals surface area contributed by atoms with Gasteiger partial charge < -0.3 is 34.5 Å². The third kappa shape index (κ3) is 8.02. The molecular weight excluding hydrogens is 390 g/mol. The lowest BCUT2D eigenvalue weighted by Gasteiger charge is -2.32. The molecule has 168 valence electrons. The zero-order valence-electron chi connectivity index (χ0n) is 17.8. The summed E-state index contributed by atoms with van der Waals surface area (Å²) in [6, 6.07) is 5.79. The normalized spacial score (nSPS) is 21.4. The second kappa shape index (κ2) is 12.6. The summed E-state index contributed by atoms with van der Waals surface area (Å²) in [4.78, 5) is 22.7. The number of rotatable bonds is 13. The minimum atomic E-state index is -1.07. The molecule has 30 heavy (non-hydrogen) atoms. The van der Waals surface area contributed by atoms with Gasteiger partial charge in [-0.25, -0.2) is 4.79 Å². The van der Waals surface area contributed by atoms with Crippen LogP contribution in [-0.4, -0.2) is 67.3 Å². The number of nitrogens with one attached hydrogen (secondary N) is 1. The third-order valence-electron chi connectivity index (χ3n) is 4.98. The molecule has 0 aromatic heterocycles. The molecule has 1 aliphatic rings. The topological polar surface area (TPSA) is 114 Å². The Morgan fingerprint density at radius 1 is 1.23 bits per heavy atom. The van der Waals surface area contributed by atoms with Crippen molar-refractivity contribution < 1.29 is 34.0 Å². The molecule has 2 rings (SSSR count). The first kappa shape index (κ1) is 24.3. The molecule has 8 heteroatoms. The number of carbonyl (C=O) groups is 2. The molecule has 8 nitrogen and oxygen atoms in total. The molecule has 3 atom stereocenters. The van der Waals surface area contributed by atoms with Crippen LogP contribution >= 0.6 is 0 Å². The van der Waals surface area contributed by atoms with Crippen molar-refractivity contribution in [2.45, 2.75) is 63.9 Å². The number of aliphatic hydroxyl groups excluding tert-OH is 1. The quantitative estimate of drug-likeness (QED) is 0.411. The summed E-state index contributed by atoms with van der Waals surface area (Å²) in [5.74, 6) is -0.483. The lowest BCUT2D eigenvalue weighted by atomic mass is 10.0. The van der Waals surface area contributed by atoms with Gasteiger partial charge in [0.2, 0.25) is 6.29 Å². The minimum absolute atomic E-state index is 0.0728. The minimum Gasteiger partial charge on any atom is -0.479 e. The molecule has 1 heterocycles. The Morgan fingerprint density at radius 3 is 2.73 bits per heavy atom. The van der Waals surface area contributed by atoms with E-state index >= 15 is 0 Å². The largest absolute Gasteiger partial charge is 0.479 e. The van der Waals surface area contributed by atoms with Gasteiger partial charge in [0.15, 0.2) is 6.10 Å². The van der Waals surface area contributed by atoms with E-state index in [1.807, 2.05) is 25.2 Å². The number of benzene rings is 1. The van der Waals surface area contributed by atoms with Gasteiger partial charge in [0, 0.05) is 19.6 Å². The van der Waals surface area contributed by atoms with Crippen molar-refractivity contribution in [3.63, 3.8) is 0 Å². The van der Waals surface area contributed by atoms with E-state index in [0.29, 0.717) is 31.8 Å². The summed E-state index contributed by atoms with van der Waals surface area (Å²) >= 11 is 0. The summed E-state index contributed by atoms with van der Waals surface area (Å²) in [7, 11) is 1.88. The van der Waals surface area contributed by atoms with E-state index in [1.165, 1.54) is 6.92 Å². The third-order valence-corrected chi connectivity index (χ3v) is 4.98. The van der Waals surface area contributed by atoms with Gasteiger partial charge in [-0.05, 0) is 63.3 Å². The Balaban J connectivity index is 2.06. The van der Waals surface area contributed by atoms with Gasteiger partial charge in [0.1, 0.15) is 17.6 Å². The summed E-state index contributed by atoms with van der Waals surface area (Å²) in [5.41, 5.74) is 1.86. The number of ether oxygens (including phenoxy) is 3. The van der Waals surface area contributed by atoms with Crippen LogP contribution in [0.25, 0.3) is 0 Å². The first-order chi connectivity index (χ1) is 14.4. The summed E-state index contributed by atoms with van der Waals surface area (Å²) in [6.45, 7) is 3.66. The summed E-state index contributed by atoms with van der Waals surface area (Å²) in [5, 5.41) is 22.5. The predicted molar refractivity (Wildman–Crippen MR) is 111 cm³/mol. The van der Waals surface area contributed by atoms with Gasteiger partial charge in [0.05, 0.1) is 6.61 Å². The van der Waals surface area contributed by atoms with Crippen molar-refractivity contribution in [3.05, 3.63) is 29.3 Å². The van der Waals surface area contributed by atoms with Crippen LogP contribution in [0, 0.1) is 0 Å². The van der Waals surface area contributed by atoms with Crippen molar-refractivity contribution in [2.75, 3.05) is 26.8 Å². The maximum Gasteiger partial charge on any atom is 0.332 e. The van der Waals surface area contributed by atoms with Gasteiger partial charge in [0.25, 0.3) is 0 Å². The predicted octanol–water partition coefficient (Wildman–Crippen LogP) is 1.71. The van der Waals surface area contributed by atoms with Gasteiger partial charge in [-0.15, -0.1) is 0 Å². The molecule has 1 saturated heterocycles. The summed E-state index contributed by atoms with van der Waals surface area (Å²) in [6.07, 6.45) is 0.0618. The maximum absolute atomic E-state index is 11.4. The van der Waals surface area contributed by atoms with Crippen LogP contribution in [0.4, 0.5) is 0 Å². The van der Waals surface area contributed by atoms with E-state index in [1.54, 1.807) is 0 Å². The number of ketones is 1. The highest BCUT2D eigenvalue weighted by atomic mass is 16.7. The highest BCUT2D eigenvalue weighted by Gasteiger charge is 2.35. The highest BCUT2D eigenvalue weighted by Crippen LogP contribution is 2.28. The number of likely N-dealkylation sites (N-methyl/N-ethyl adjacent to an activating group) is 1. The second-order valence-electron chi connectivity index (χ2n) is 7.56. The first-order valence-electron chi connectivity index (χ1n) is 10.5. The number of carbonyl (C=O) groups excluding carboxylic acids is 1. The van der Waals surface area contributed by atoms with E-state index < -0.39 is 24.5 Å². The average molecular weight is 424 g/mol. The van der Waals surface area contributed by atoms with Gasteiger partial charge in [-0.1, -0.05) is 12.1 Å². The van der Waals surface area contributed by atoms with E-state index in [9.17, 15) is 19.8 Å². The number of aryl methyl sites for hydroxylation is 2. The number of aliphatic carboxylic acids is 1. The molecule has 0 saturated carbocycles. The van der Waals surface area contributed by atoms with Crippen molar-refractivity contribution in [3.8, 4) is 5.75 Å². The molecule has 0 aliphatic carbocycles. The Hall–Kier alpha value is -2.00. The second-order valence-corrected chi connectivity index (χ2v) is 7.56. The molecule has 0 spiro atoms. The summed E-state index contributed by atoms with van der Waals surface area (Å²) < 4.78 is 16.9. The van der Waals surface area contributed by atoms with E-state index in [-0.39, 0.29) is 18.6 Å². The SMILES string of the molecule is CNCCOCCCc1ccc(CCC(C)=O)c(O[C@@H]2OC(C(=O)O)CC[C@H]2O)c1. The number of carboxylic acid groups (broad SMARTS) is 1. The van der Waals surface area contributed by atoms with Gasteiger partial charge >= 0.3 is 5.97 Å². The highest BCUT2D eigenvalue weighted by molar-refractivity contribution is 5.75. The van der Waals surface area contributed by atoms with Crippen molar-refractivity contribution >= 4 is 11.8 Å². The number of hydrogen-bond acceptors (Lipinski definition) is 7.